The van der Waals surface area contributed by atoms with Crippen molar-refractivity contribution in [3.8, 4) is 0 Å². The summed E-state index contributed by atoms with van der Waals surface area (Å²) in [5.74, 6) is -0.101. The van der Waals surface area contributed by atoms with E-state index >= 15 is 0 Å². The summed E-state index contributed by atoms with van der Waals surface area (Å²) in [5.41, 5.74) is 0. The fraction of sp³-hybridized carbons (Fsp3) is 0.545. The van der Waals surface area contributed by atoms with Gasteiger partial charge in [-0.3, -0.25) is 4.79 Å². The number of likely N-dealkylation sites (N-methyl/N-ethyl adjacent to an activating group) is 1. The van der Waals surface area contributed by atoms with Crippen LogP contribution in [-0.4, -0.2) is 61.9 Å². The zero-order valence-corrected chi connectivity index (χ0v) is 12.2. The summed E-state index contributed by atoms with van der Waals surface area (Å²) in [6.45, 7) is 0.899. The molecular formula is C11H16N2O4S2. The number of hydrogen-bond donors (Lipinski definition) is 1. The van der Waals surface area contributed by atoms with Crippen molar-refractivity contribution in [1.29, 1.82) is 0 Å². The molecule has 1 aliphatic heterocycles. The van der Waals surface area contributed by atoms with Crippen molar-refractivity contribution in [2.24, 2.45) is 5.92 Å². The van der Waals surface area contributed by atoms with Crippen LogP contribution in [0.25, 0.3) is 0 Å². The van der Waals surface area contributed by atoms with Crippen molar-refractivity contribution in [2.75, 3.05) is 33.3 Å². The van der Waals surface area contributed by atoms with Crippen molar-refractivity contribution < 1.29 is 18.3 Å². The highest BCUT2D eigenvalue weighted by molar-refractivity contribution is 7.91. The minimum Gasteiger partial charge on any atom is -0.396 e. The van der Waals surface area contributed by atoms with E-state index in [1.807, 2.05) is 0 Å². The largest absolute Gasteiger partial charge is 0.396 e. The topological polar surface area (TPSA) is 77.9 Å². The molecular weight excluding hydrogens is 288 g/mol. The number of aliphatic hydroxyl groups is 1. The lowest BCUT2D eigenvalue weighted by Crippen LogP contribution is -2.54. The van der Waals surface area contributed by atoms with Gasteiger partial charge in [0.2, 0.25) is 5.91 Å². The fourth-order valence-corrected chi connectivity index (χ4v) is 4.15. The number of hydrogen-bond acceptors (Lipinski definition) is 5. The molecule has 106 valence electrons. The van der Waals surface area contributed by atoms with Crippen molar-refractivity contribution in [1.82, 2.24) is 9.21 Å². The molecule has 19 heavy (non-hydrogen) atoms. The average Bonchev–Trinajstić information content (AvgIpc) is 2.81. The molecule has 1 fully saturated rings. The number of likely N-dealkylation sites (tertiary alicyclic amines) is 1. The second-order valence-electron chi connectivity index (χ2n) is 4.54. The Kier molecular flexibility index (Phi) is 4.24. The highest BCUT2D eigenvalue weighted by Gasteiger charge is 2.32. The standard InChI is InChI=1S/C11H16N2O4S2/c1-12(19(16,17)11-3-2-4-18-11)7-10(15)13-5-9(6-13)8-14/h2-4,9,14H,5-8H2,1H3. The monoisotopic (exact) mass is 304 g/mol. The Morgan fingerprint density at radius 3 is 2.79 bits per heavy atom. The number of rotatable bonds is 5. The molecule has 0 unspecified atom stereocenters. The fourth-order valence-electron chi connectivity index (χ4n) is 1.83. The molecule has 1 aliphatic rings. The molecule has 0 bridgehead atoms. The first-order valence-corrected chi connectivity index (χ1v) is 8.15. The van der Waals surface area contributed by atoms with Gasteiger partial charge in [0.1, 0.15) is 4.21 Å². The van der Waals surface area contributed by atoms with Gasteiger partial charge in [-0.25, -0.2) is 8.42 Å². The number of carbonyl (C=O) groups is 1. The molecule has 8 heteroatoms. The minimum atomic E-state index is -3.57. The number of amides is 1. The molecule has 1 amide bonds. The Balaban J connectivity index is 1.95. The van der Waals surface area contributed by atoms with Crippen molar-refractivity contribution in [2.45, 2.75) is 4.21 Å². The van der Waals surface area contributed by atoms with Crippen LogP contribution < -0.4 is 0 Å². The van der Waals surface area contributed by atoms with Gasteiger partial charge in [0, 0.05) is 32.7 Å². The van der Waals surface area contributed by atoms with E-state index in [1.54, 1.807) is 16.3 Å². The summed E-state index contributed by atoms with van der Waals surface area (Å²) in [6.07, 6.45) is 0. The van der Waals surface area contributed by atoms with Gasteiger partial charge in [-0.2, -0.15) is 4.31 Å². The predicted octanol–water partition coefficient (Wildman–Crippen LogP) is -0.181. The van der Waals surface area contributed by atoms with E-state index < -0.39 is 10.0 Å². The third-order valence-corrected chi connectivity index (χ3v) is 6.26. The summed E-state index contributed by atoms with van der Waals surface area (Å²) < 4.78 is 25.5. The van der Waals surface area contributed by atoms with E-state index in [-0.39, 0.29) is 29.2 Å². The molecule has 1 aromatic heterocycles. The van der Waals surface area contributed by atoms with Crippen LogP contribution >= 0.6 is 11.3 Å². The molecule has 0 aromatic carbocycles. The summed E-state index contributed by atoms with van der Waals surface area (Å²) >= 11 is 1.13. The Morgan fingerprint density at radius 2 is 2.26 bits per heavy atom. The summed E-state index contributed by atoms with van der Waals surface area (Å²) in [7, 11) is -2.17. The summed E-state index contributed by atoms with van der Waals surface area (Å²) in [4.78, 5) is 13.4. The van der Waals surface area contributed by atoms with Gasteiger partial charge in [-0.05, 0) is 11.4 Å². The van der Waals surface area contributed by atoms with Crippen molar-refractivity contribution >= 4 is 27.3 Å². The predicted molar refractivity (Wildman–Crippen MR) is 71.3 cm³/mol. The molecule has 0 spiro atoms. The maximum atomic E-state index is 12.1. The smallest absolute Gasteiger partial charge is 0.252 e. The zero-order valence-electron chi connectivity index (χ0n) is 10.5. The van der Waals surface area contributed by atoms with Gasteiger partial charge in [0.25, 0.3) is 10.0 Å². The van der Waals surface area contributed by atoms with Crippen LogP contribution in [0.2, 0.25) is 0 Å². The zero-order chi connectivity index (χ0) is 14.0. The second-order valence-corrected chi connectivity index (χ2v) is 7.76. The Morgan fingerprint density at radius 1 is 1.58 bits per heavy atom. The van der Waals surface area contributed by atoms with E-state index in [4.69, 9.17) is 5.11 Å². The summed E-state index contributed by atoms with van der Waals surface area (Å²) in [5, 5.41) is 10.6. The molecule has 1 saturated heterocycles. The van der Waals surface area contributed by atoms with Crippen LogP contribution in [-0.2, 0) is 14.8 Å². The van der Waals surface area contributed by atoms with Crippen molar-refractivity contribution in [3.63, 3.8) is 0 Å². The molecule has 1 aromatic rings. The first-order valence-electron chi connectivity index (χ1n) is 5.83. The van der Waals surface area contributed by atoms with Gasteiger partial charge in [0.05, 0.1) is 6.54 Å². The van der Waals surface area contributed by atoms with Crippen LogP contribution in [0, 0.1) is 5.92 Å². The molecule has 0 aliphatic carbocycles. The summed E-state index contributed by atoms with van der Waals surface area (Å²) in [6, 6.07) is 3.18. The van der Waals surface area contributed by atoms with Gasteiger partial charge in [-0.15, -0.1) is 11.3 Å². The van der Waals surface area contributed by atoms with E-state index in [1.165, 1.54) is 13.1 Å². The maximum Gasteiger partial charge on any atom is 0.252 e. The first kappa shape index (κ1) is 14.4. The lowest BCUT2D eigenvalue weighted by atomic mass is 10.0. The van der Waals surface area contributed by atoms with Gasteiger partial charge >= 0.3 is 0 Å². The molecule has 0 radical (unpaired) electrons. The maximum absolute atomic E-state index is 12.1. The second kappa shape index (κ2) is 5.58. The first-order chi connectivity index (χ1) is 8.95. The van der Waals surface area contributed by atoms with E-state index in [2.05, 4.69) is 0 Å². The number of aliphatic hydroxyl groups excluding tert-OH is 1. The normalized spacial score (nSPS) is 16.7. The van der Waals surface area contributed by atoms with Gasteiger partial charge < -0.3 is 10.0 Å². The SMILES string of the molecule is CN(CC(=O)N1CC(CO)C1)S(=O)(=O)c1cccs1. The Hall–Kier alpha value is -0.960. The van der Waals surface area contributed by atoms with Gasteiger partial charge in [-0.1, -0.05) is 6.07 Å². The van der Waals surface area contributed by atoms with Crippen LogP contribution in [0.3, 0.4) is 0 Å². The quantitative estimate of drug-likeness (QED) is 0.818. The van der Waals surface area contributed by atoms with E-state index in [0.717, 1.165) is 15.6 Å². The van der Waals surface area contributed by atoms with Gasteiger partial charge in [0.15, 0.2) is 0 Å². The molecule has 2 rings (SSSR count). The number of carbonyl (C=O) groups excluding carboxylic acids is 1. The number of thiophene rings is 1. The van der Waals surface area contributed by atoms with Crippen LogP contribution in [0.15, 0.2) is 21.7 Å². The van der Waals surface area contributed by atoms with Crippen LogP contribution in [0.5, 0.6) is 0 Å². The highest BCUT2D eigenvalue weighted by Crippen LogP contribution is 2.20. The molecule has 6 nitrogen and oxygen atoms in total. The third kappa shape index (κ3) is 2.97. The lowest BCUT2D eigenvalue weighted by molar-refractivity contribution is -0.138. The molecule has 0 atom stereocenters. The van der Waals surface area contributed by atoms with Crippen LogP contribution in [0.4, 0.5) is 0 Å². The van der Waals surface area contributed by atoms with E-state index in [0.29, 0.717) is 13.1 Å². The number of sulfonamides is 1. The average molecular weight is 304 g/mol. The minimum absolute atomic E-state index is 0.0626. The molecule has 2 heterocycles. The molecule has 1 N–H and O–H groups in total. The van der Waals surface area contributed by atoms with Crippen molar-refractivity contribution in [3.05, 3.63) is 17.5 Å². The van der Waals surface area contributed by atoms with Crippen LogP contribution in [0.1, 0.15) is 0 Å². The molecule has 0 saturated carbocycles. The Bertz CT molecular complexity index is 535. The van der Waals surface area contributed by atoms with E-state index in [9.17, 15) is 13.2 Å². The number of nitrogens with zero attached hydrogens (tertiary/aromatic N) is 2. The third-order valence-electron chi connectivity index (χ3n) is 3.09. The highest BCUT2D eigenvalue weighted by atomic mass is 32.2. The lowest BCUT2D eigenvalue weighted by Gasteiger charge is -2.38. The Labute approximate surface area is 116 Å².